The molecule has 0 amide bonds. The average Bonchev–Trinajstić information content (AvgIpc) is 2.90. The van der Waals surface area contributed by atoms with Gasteiger partial charge in [-0.05, 0) is 37.3 Å². The van der Waals surface area contributed by atoms with Gasteiger partial charge in [-0.3, -0.25) is 4.98 Å². The molecule has 0 spiro atoms. The van der Waals surface area contributed by atoms with E-state index in [-0.39, 0.29) is 23.0 Å². The van der Waals surface area contributed by atoms with Crippen molar-refractivity contribution in [3.8, 4) is 22.6 Å². The zero-order valence-corrected chi connectivity index (χ0v) is 19.9. The summed E-state index contributed by atoms with van der Waals surface area (Å²) in [7, 11) is 0. The summed E-state index contributed by atoms with van der Waals surface area (Å²) in [6.45, 7) is 12.0. The van der Waals surface area contributed by atoms with E-state index in [1.807, 2.05) is 55.6 Å². The molecule has 0 saturated heterocycles. The van der Waals surface area contributed by atoms with Crippen molar-refractivity contribution in [2.75, 3.05) is 0 Å². The summed E-state index contributed by atoms with van der Waals surface area (Å²) in [5, 5.41) is 11.8. The van der Waals surface area contributed by atoms with E-state index >= 15 is 0 Å². The van der Waals surface area contributed by atoms with Crippen LogP contribution in [0.25, 0.3) is 38.4 Å². The summed E-state index contributed by atoms with van der Waals surface area (Å²) in [6.07, 6.45) is 4.09. The molecular formula is C30H26N4O. The van der Waals surface area contributed by atoms with Crippen LogP contribution in [0.15, 0.2) is 78.3 Å². The van der Waals surface area contributed by atoms with Gasteiger partial charge in [0.15, 0.2) is 5.82 Å². The van der Waals surface area contributed by atoms with Gasteiger partial charge in [-0.25, -0.2) is 14.8 Å². The van der Waals surface area contributed by atoms with Gasteiger partial charge >= 0.3 is 0 Å². The highest BCUT2D eigenvalue weighted by Gasteiger charge is 2.50. The topological polar surface area (TPSA) is 63.3 Å². The Morgan fingerprint density at radius 1 is 1.03 bits per heavy atom. The number of aliphatic hydroxyl groups is 1. The van der Waals surface area contributed by atoms with Crippen LogP contribution in [0.2, 0.25) is 0 Å². The van der Waals surface area contributed by atoms with Crippen LogP contribution in [0.1, 0.15) is 37.9 Å². The molecule has 2 aromatic heterocycles. The number of benzene rings is 2. The molecule has 2 aromatic carbocycles. The molecule has 172 valence electrons. The largest absolute Gasteiger partial charge is 0.523 e. The van der Waals surface area contributed by atoms with E-state index in [4.69, 9.17) is 16.5 Å². The molecule has 0 unspecified atom stereocenters. The minimum atomic E-state index is -0.358. The SMILES string of the molecule is [C-]#[N+]C1=C(O)[C@H](C)[C@H]2CCc3c(-c4ccccc4)nc(-c4ccnc5ccccc45)nc3[C@]2(C)C1. The second-order valence-corrected chi connectivity index (χ2v) is 9.94. The standard InChI is InChI=1S/C30H26N4O/c1-18-23-14-13-22-26(19-9-5-4-6-10-19)33-29(21-15-16-32-24-12-8-7-11-20(21)24)34-28(22)30(23,2)17-25(31-3)27(18)35/h4-12,15-16,18,23,35H,13-14,17H2,1-2H3/t18-,23-,30-/m1/s1. The fourth-order valence-electron chi connectivity index (χ4n) is 6.24. The predicted octanol–water partition coefficient (Wildman–Crippen LogP) is 6.91. The third kappa shape index (κ3) is 3.24. The first-order chi connectivity index (χ1) is 17.0. The first kappa shape index (κ1) is 21.5. The highest BCUT2D eigenvalue weighted by Crippen LogP contribution is 2.54. The van der Waals surface area contributed by atoms with Crippen molar-refractivity contribution in [1.82, 2.24) is 15.0 Å². The van der Waals surface area contributed by atoms with Gasteiger partial charge in [0.25, 0.3) is 0 Å². The maximum atomic E-state index is 10.7. The maximum Gasteiger partial charge on any atom is 0.203 e. The van der Waals surface area contributed by atoms with E-state index < -0.39 is 0 Å². The van der Waals surface area contributed by atoms with Gasteiger partial charge in [-0.2, -0.15) is 0 Å². The Labute approximate surface area is 205 Å². The van der Waals surface area contributed by atoms with Crippen molar-refractivity contribution < 1.29 is 5.11 Å². The number of aromatic nitrogens is 3. The summed E-state index contributed by atoms with van der Waals surface area (Å²) in [5.74, 6) is 1.06. The molecule has 0 fully saturated rings. The number of fused-ring (bicyclic) bond motifs is 4. The Bertz CT molecular complexity index is 1530. The molecule has 1 N–H and O–H groups in total. The van der Waals surface area contributed by atoms with Gasteiger partial charge in [-0.15, -0.1) is 0 Å². The summed E-state index contributed by atoms with van der Waals surface area (Å²) in [5.41, 5.74) is 6.17. The third-order valence-corrected chi connectivity index (χ3v) is 8.01. The summed E-state index contributed by atoms with van der Waals surface area (Å²) >= 11 is 0. The summed E-state index contributed by atoms with van der Waals surface area (Å²) < 4.78 is 0. The van der Waals surface area contributed by atoms with Gasteiger partial charge in [0, 0.05) is 39.6 Å². The molecule has 5 nitrogen and oxygen atoms in total. The van der Waals surface area contributed by atoms with Crippen LogP contribution in [0.3, 0.4) is 0 Å². The van der Waals surface area contributed by atoms with Gasteiger partial charge < -0.3 is 5.11 Å². The predicted molar refractivity (Wildman–Crippen MR) is 137 cm³/mol. The van der Waals surface area contributed by atoms with Crippen LogP contribution in [-0.2, 0) is 11.8 Å². The molecule has 2 aliphatic carbocycles. The molecule has 3 atom stereocenters. The quantitative estimate of drug-likeness (QED) is 0.332. The molecule has 6 rings (SSSR count). The lowest BCUT2D eigenvalue weighted by Crippen LogP contribution is -2.45. The Morgan fingerprint density at radius 3 is 2.60 bits per heavy atom. The minimum absolute atomic E-state index is 0.0775. The van der Waals surface area contributed by atoms with Crippen molar-refractivity contribution in [3.05, 3.63) is 101 Å². The second kappa shape index (κ2) is 8.02. The van der Waals surface area contributed by atoms with Crippen LogP contribution in [-0.4, -0.2) is 20.1 Å². The average molecular weight is 459 g/mol. The van der Waals surface area contributed by atoms with Crippen molar-refractivity contribution in [2.45, 2.75) is 38.5 Å². The number of nitrogens with zero attached hydrogens (tertiary/aromatic N) is 4. The summed E-state index contributed by atoms with van der Waals surface area (Å²) in [4.78, 5) is 18.7. The van der Waals surface area contributed by atoms with E-state index in [0.29, 0.717) is 17.9 Å². The number of allylic oxidation sites excluding steroid dienone is 2. The zero-order chi connectivity index (χ0) is 24.2. The Balaban J connectivity index is 1.65. The van der Waals surface area contributed by atoms with Crippen LogP contribution in [0.5, 0.6) is 0 Å². The Morgan fingerprint density at radius 2 is 1.80 bits per heavy atom. The molecule has 0 radical (unpaired) electrons. The van der Waals surface area contributed by atoms with Crippen molar-refractivity contribution in [2.24, 2.45) is 11.8 Å². The molecule has 2 heterocycles. The van der Waals surface area contributed by atoms with Gasteiger partial charge in [-0.1, -0.05) is 62.4 Å². The van der Waals surface area contributed by atoms with Gasteiger partial charge in [0.1, 0.15) is 0 Å². The van der Waals surface area contributed by atoms with E-state index in [9.17, 15) is 5.11 Å². The molecule has 0 saturated carbocycles. The molecule has 35 heavy (non-hydrogen) atoms. The molecule has 5 heteroatoms. The molecule has 0 bridgehead atoms. The number of pyridine rings is 1. The highest BCUT2D eigenvalue weighted by molar-refractivity contribution is 5.92. The molecule has 2 aliphatic rings. The van der Waals surface area contributed by atoms with E-state index in [2.05, 4.69) is 35.0 Å². The van der Waals surface area contributed by atoms with E-state index in [1.165, 1.54) is 0 Å². The number of hydrogen-bond donors (Lipinski definition) is 1. The van der Waals surface area contributed by atoms with Gasteiger partial charge in [0.2, 0.25) is 5.70 Å². The first-order valence-electron chi connectivity index (χ1n) is 12.1. The second-order valence-electron chi connectivity index (χ2n) is 9.94. The lowest BCUT2D eigenvalue weighted by Gasteiger charge is -2.48. The fourth-order valence-corrected chi connectivity index (χ4v) is 6.24. The van der Waals surface area contributed by atoms with E-state index in [0.717, 1.165) is 51.8 Å². The van der Waals surface area contributed by atoms with Crippen LogP contribution < -0.4 is 0 Å². The van der Waals surface area contributed by atoms with Crippen LogP contribution in [0.4, 0.5) is 0 Å². The van der Waals surface area contributed by atoms with Crippen molar-refractivity contribution >= 4 is 10.9 Å². The van der Waals surface area contributed by atoms with Crippen molar-refractivity contribution in [3.63, 3.8) is 0 Å². The van der Waals surface area contributed by atoms with Crippen LogP contribution >= 0.6 is 0 Å². The normalized spacial score (nSPS) is 23.5. The monoisotopic (exact) mass is 458 g/mol. The smallest absolute Gasteiger partial charge is 0.203 e. The highest BCUT2D eigenvalue weighted by atomic mass is 16.3. The molecule has 4 aromatic rings. The first-order valence-corrected chi connectivity index (χ1v) is 12.1. The maximum absolute atomic E-state index is 10.7. The Hall–Kier alpha value is -4.04. The summed E-state index contributed by atoms with van der Waals surface area (Å²) in [6, 6.07) is 20.4. The number of para-hydroxylation sites is 1. The van der Waals surface area contributed by atoms with E-state index in [1.54, 1.807) is 0 Å². The number of rotatable bonds is 2. The molecular weight excluding hydrogens is 432 g/mol. The molecule has 0 aliphatic heterocycles. The van der Waals surface area contributed by atoms with Crippen LogP contribution in [0, 0.1) is 18.4 Å². The zero-order valence-electron chi connectivity index (χ0n) is 19.9. The lowest BCUT2D eigenvalue weighted by atomic mass is 9.57. The van der Waals surface area contributed by atoms with Crippen molar-refractivity contribution in [1.29, 1.82) is 0 Å². The minimum Gasteiger partial charge on any atom is -0.523 e. The van der Waals surface area contributed by atoms with Gasteiger partial charge in [0.05, 0.1) is 29.2 Å². The lowest BCUT2D eigenvalue weighted by molar-refractivity contribution is 0.135. The Kier molecular flexibility index (Phi) is 4.93. The number of hydrogen-bond acceptors (Lipinski definition) is 4. The number of aliphatic hydroxyl groups excluding tert-OH is 1. The fraction of sp³-hybridized carbons (Fsp3) is 0.267. The third-order valence-electron chi connectivity index (χ3n) is 8.01.